The number of hydrogen-bond donors (Lipinski definition) is 0. The predicted octanol–water partition coefficient (Wildman–Crippen LogP) is 3.88. The first-order valence-electron chi connectivity index (χ1n) is 6.74. The first kappa shape index (κ1) is 13.4. The average molecular weight is 266 g/mol. The fourth-order valence-corrected chi connectivity index (χ4v) is 2.85. The van der Waals surface area contributed by atoms with Gasteiger partial charge in [-0.1, -0.05) is 36.6 Å². The van der Waals surface area contributed by atoms with Crippen LogP contribution in [0.4, 0.5) is 0 Å². The maximum absolute atomic E-state index is 12.4. The lowest BCUT2D eigenvalue weighted by Gasteiger charge is -2.24. The number of benzene rings is 1. The van der Waals surface area contributed by atoms with Crippen LogP contribution in [0.1, 0.15) is 38.2 Å². The third-order valence-corrected chi connectivity index (χ3v) is 3.90. The van der Waals surface area contributed by atoms with Crippen molar-refractivity contribution in [2.75, 3.05) is 6.54 Å². The van der Waals surface area contributed by atoms with Crippen molar-refractivity contribution in [2.24, 2.45) is 5.92 Å². The molecule has 0 N–H and O–H groups in total. The van der Waals surface area contributed by atoms with Crippen molar-refractivity contribution in [1.82, 2.24) is 4.90 Å². The third-order valence-electron chi connectivity index (χ3n) is 3.66. The lowest BCUT2D eigenvalue weighted by molar-refractivity contribution is -0.135. The highest BCUT2D eigenvalue weighted by atomic mass is 35.5. The molecule has 2 nitrogen and oxygen atoms in total. The van der Waals surface area contributed by atoms with Crippen molar-refractivity contribution in [3.63, 3.8) is 0 Å². The first-order valence-corrected chi connectivity index (χ1v) is 7.11. The highest BCUT2D eigenvalue weighted by Gasteiger charge is 2.26. The van der Waals surface area contributed by atoms with Gasteiger partial charge in [-0.3, -0.25) is 4.79 Å². The second-order valence-electron chi connectivity index (χ2n) is 4.96. The summed E-state index contributed by atoms with van der Waals surface area (Å²) in [5.41, 5.74) is 1.11. The minimum atomic E-state index is 0.254. The smallest absolute Gasteiger partial charge is 0.225 e. The van der Waals surface area contributed by atoms with Gasteiger partial charge in [-0.05, 0) is 37.5 Å². The maximum atomic E-state index is 12.4. The Morgan fingerprint density at radius 3 is 2.72 bits per heavy atom. The van der Waals surface area contributed by atoms with Gasteiger partial charge in [0.25, 0.3) is 0 Å². The van der Waals surface area contributed by atoms with E-state index in [0.29, 0.717) is 12.5 Å². The Hall–Kier alpha value is -1.02. The van der Waals surface area contributed by atoms with Crippen molar-refractivity contribution < 1.29 is 4.79 Å². The molecular formula is C15H20ClNO. The van der Waals surface area contributed by atoms with Crippen LogP contribution in [0.15, 0.2) is 24.3 Å². The minimum absolute atomic E-state index is 0.254. The molecule has 98 valence electrons. The lowest BCUT2D eigenvalue weighted by atomic mass is 10.1. The molecule has 0 bridgehead atoms. The monoisotopic (exact) mass is 265 g/mol. The van der Waals surface area contributed by atoms with Crippen molar-refractivity contribution >= 4 is 17.5 Å². The molecule has 0 aromatic heterocycles. The fraction of sp³-hybridized carbons (Fsp3) is 0.533. The average Bonchev–Trinajstić information content (AvgIpc) is 2.89. The van der Waals surface area contributed by atoms with E-state index in [4.69, 9.17) is 11.6 Å². The molecule has 3 heteroatoms. The van der Waals surface area contributed by atoms with Crippen LogP contribution >= 0.6 is 11.6 Å². The molecule has 0 saturated heterocycles. The van der Waals surface area contributed by atoms with E-state index in [-0.39, 0.29) is 5.92 Å². The Kier molecular flexibility index (Phi) is 4.65. The summed E-state index contributed by atoms with van der Waals surface area (Å²) in [6.45, 7) is 3.48. The highest BCUT2D eigenvalue weighted by molar-refractivity contribution is 6.30. The quantitative estimate of drug-likeness (QED) is 0.809. The van der Waals surface area contributed by atoms with Crippen LogP contribution in [0.5, 0.6) is 0 Å². The van der Waals surface area contributed by atoms with Crippen LogP contribution < -0.4 is 0 Å². The summed E-state index contributed by atoms with van der Waals surface area (Å²) in [6, 6.07) is 7.76. The Morgan fingerprint density at radius 2 is 2.11 bits per heavy atom. The predicted molar refractivity (Wildman–Crippen MR) is 74.5 cm³/mol. The molecule has 0 spiro atoms. The molecule has 18 heavy (non-hydrogen) atoms. The largest absolute Gasteiger partial charge is 0.338 e. The summed E-state index contributed by atoms with van der Waals surface area (Å²) in [5, 5.41) is 0.733. The molecule has 1 aliphatic carbocycles. The zero-order chi connectivity index (χ0) is 13.0. The Bertz CT molecular complexity index is 413. The summed E-state index contributed by atoms with van der Waals surface area (Å²) < 4.78 is 0. The van der Waals surface area contributed by atoms with Gasteiger partial charge < -0.3 is 4.90 Å². The van der Waals surface area contributed by atoms with Gasteiger partial charge in [0.15, 0.2) is 0 Å². The molecule has 1 aromatic carbocycles. The van der Waals surface area contributed by atoms with Gasteiger partial charge in [0.2, 0.25) is 5.91 Å². The van der Waals surface area contributed by atoms with Crippen molar-refractivity contribution in [1.29, 1.82) is 0 Å². The summed E-state index contributed by atoms with van der Waals surface area (Å²) in [5.74, 6) is 0.569. The molecule has 2 rings (SSSR count). The van der Waals surface area contributed by atoms with Gasteiger partial charge in [0, 0.05) is 24.0 Å². The first-order chi connectivity index (χ1) is 8.70. The molecule has 1 saturated carbocycles. The van der Waals surface area contributed by atoms with Gasteiger partial charge in [-0.25, -0.2) is 0 Å². The van der Waals surface area contributed by atoms with Gasteiger partial charge in [-0.2, -0.15) is 0 Å². The van der Waals surface area contributed by atoms with Gasteiger partial charge in [0.1, 0.15) is 0 Å². The molecule has 0 atom stereocenters. The van der Waals surface area contributed by atoms with Crippen LogP contribution in [0.3, 0.4) is 0 Å². The molecule has 1 amide bonds. The SMILES string of the molecule is CCN(Cc1cccc(Cl)c1)C(=O)C1CCCC1. The normalized spacial score (nSPS) is 15.9. The summed E-state index contributed by atoms with van der Waals surface area (Å²) >= 11 is 5.97. The Labute approximate surface area is 114 Å². The van der Waals surface area contributed by atoms with Gasteiger partial charge in [-0.15, -0.1) is 0 Å². The molecule has 0 unspecified atom stereocenters. The van der Waals surface area contributed by atoms with E-state index >= 15 is 0 Å². The standard InChI is InChI=1S/C15H20ClNO/c1-2-17(15(18)13-7-3-4-8-13)11-12-6-5-9-14(16)10-12/h5-6,9-10,13H,2-4,7-8,11H2,1H3. The van der Waals surface area contributed by atoms with Crippen LogP contribution in [0.25, 0.3) is 0 Å². The summed E-state index contributed by atoms with van der Waals surface area (Å²) in [4.78, 5) is 14.3. The van der Waals surface area contributed by atoms with E-state index in [1.54, 1.807) is 0 Å². The number of amides is 1. The highest BCUT2D eigenvalue weighted by Crippen LogP contribution is 2.27. The molecular weight excluding hydrogens is 246 g/mol. The van der Waals surface area contributed by atoms with E-state index in [0.717, 1.165) is 30.0 Å². The Balaban J connectivity index is 2.02. The second kappa shape index (κ2) is 6.24. The van der Waals surface area contributed by atoms with Crippen LogP contribution in [-0.2, 0) is 11.3 Å². The zero-order valence-electron chi connectivity index (χ0n) is 10.9. The van der Waals surface area contributed by atoms with Gasteiger partial charge >= 0.3 is 0 Å². The zero-order valence-corrected chi connectivity index (χ0v) is 11.6. The van der Waals surface area contributed by atoms with E-state index in [9.17, 15) is 4.79 Å². The topological polar surface area (TPSA) is 20.3 Å². The van der Waals surface area contributed by atoms with Crippen molar-refractivity contribution in [3.05, 3.63) is 34.9 Å². The van der Waals surface area contributed by atoms with E-state index in [1.165, 1.54) is 12.8 Å². The van der Waals surface area contributed by atoms with Crippen LogP contribution in [-0.4, -0.2) is 17.4 Å². The molecule has 0 radical (unpaired) electrons. The number of carbonyl (C=O) groups excluding carboxylic acids is 1. The van der Waals surface area contributed by atoms with Crippen LogP contribution in [0, 0.1) is 5.92 Å². The van der Waals surface area contributed by atoms with Crippen LogP contribution in [0.2, 0.25) is 5.02 Å². The third kappa shape index (κ3) is 3.26. The maximum Gasteiger partial charge on any atom is 0.225 e. The molecule has 0 heterocycles. The summed E-state index contributed by atoms with van der Waals surface area (Å²) in [7, 11) is 0. The van der Waals surface area contributed by atoms with E-state index in [1.807, 2.05) is 36.1 Å². The molecule has 0 aliphatic heterocycles. The lowest BCUT2D eigenvalue weighted by Crippen LogP contribution is -2.34. The van der Waals surface area contributed by atoms with E-state index < -0.39 is 0 Å². The molecule has 1 aliphatic rings. The second-order valence-corrected chi connectivity index (χ2v) is 5.40. The minimum Gasteiger partial charge on any atom is -0.338 e. The fourth-order valence-electron chi connectivity index (χ4n) is 2.63. The molecule has 1 aromatic rings. The summed E-state index contributed by atoms with van der Waals surface area (Å²) in [6.07, 6.45) is 4.52. The molecule has 1 fully saturated rings. The van der Waals surface area contributed by atoms with E-state index in [2.05, 4.69) is 0 Å². The number of nitrogens with zero attached hydrogens (tertiary/aromatic N) is 1. The number of carbonyl (C=O) groups is 1. The van der Waals surface area contributed by atoms with Crippen molar-refractivity contribution in [3.8, 4) is 0 Å². The number of halogens is 1. The number of rotatable bonds is 4. The Morgan fingerprint density at radius 1 is 1.39 bits per heavy atom. The number of hydrogen-bond acceptors (Lipinski definition) is 1. The van der Waals surface area contributed by atoms with Crippen molar-refractivity contribution in [2.45, 2.75) is 39.2 Å². The van der Waals surface area contributed by atoms with Gasteiger partial charge in [0.05, 0.1) is 0 Å².